The van der Waals surface area contributed by atoms with Crippen molar-refractivity contribution in [3.8, 4) is 0 Å². The van der Waals surface area contributed by atoms with Gasteiger partial charge in [-0.3, -0.25) is 9.89 Å². The molecule has 118 valence electrons. The molecule has 0 aliphatic carbocycles. The van der Waals surface area contributed by atoms with Gasteiger partial charge in [-0.1, -0.05) is 13.8 Å². The number of piperidine rings is 1. The molecule has 6 nitrogen and oxygen atoms in total. The zero-order valence-corrected chi connectivity index (χ0v) is 13.4. The molecule has 0 unspecified atom stereocenters. The molecule has 0 aromatic carbocycles. The quantitative estimate of drug-likeness (QED) is 0.867. The van der Waals surface area contributed by atoms with Gasteiger partial charge in [-0.2, -0.15) is 0 Å². The van der Waals surface area contributed by atoms with E-state index in [4.69, 9.17) is 0 Å². The number of aromatic nitrogens is 3. The zero-order chi connectivity index (χ0) is 15.2. The highest BCUT2D eigenvalue weighted by Gasteiger charge is 2.27. The second kappa shape index (κ2) is 7.54. The number of hydrogen-bond acceptors (Lipinski definition) is 4. The Hall–Kier alpha value is -1.43. The fraction of sp³-hybridized carbons (Fsp3) is 0.800. The lowest BCUT2D eigenvalue weighted by Gasteiger charge is -2.36. The maximum Gasteiger partial charge on any atom is 0.293 e. The second-order valence-corrected chi connectivity index (χ2v) is 5.84. The Labute approximate surface area is 126 Å². The molecule has 1 fully saturated rings. The van der Waals surface area contributed by atoms with Crippen LogP contribution in [-0.4, -0.2) is 63.6 Å². The van der Waals surface area contributed by atoms with Crippen LogP contribution in [0.15, 0.2) is 0 Å². The SMILES string of the molecule is CCCc1nc(C(=O)N(C)C2CCN(CCC)CC2)n[nH]1. The predicted molar refractivity (Wildman–Crippen MR) is 82.2 cm³/mol. The number of likely N-dealkylation sites (tertiary alicyclic amines) is 1. The van der Waals surface area contributed by atoms with Crippen LogP contribution in [0.2, 0.25) is 0 Å². The van der Waals surface area contributed by atoms with E-state index in [1.54, 1.807) is 0 Å². The first-order valence-electron chi connectivity index (χ1n) is 8.06. The van der Waals surface area contributed by atoms with Gasteiger partial charge in [0.05, 0.1) is 0 Å². The molecular formula is C15H27N5O. The smallest absolute Gasteiger partial charge is 0.293 e. The number of aromatic amines is 1. The summed E-state index contributed by atoms with van der Waals surface area (Å²) in [6, 6.07) is 0.304. The number of carbonyl (C=O) groups is 1. The summed E-state index contributed by atoms with van der Waals surface area (Å²) in [5.41, 5.74) is 0. The number of carbonyl (C=O) groups excluding carboxylic acids is 1. The number of nitrogens with one attached hydrogen (secondary N) is 1. The molecule has 1 N–H and O–H groups in total. The lowest BCUT2D eigenvalue weighted by molar-refractivity contribution is 0.0631. The van der Waals surface area contributed by atoms with Crippen molar-refractivity contribution in [3.63, 3.8) is 0 Å². The lowest BCUT2D eigenvalue weighted by atomic mass is 10.0. The molecule has 1 amide bonds. The van der Waals surface area contributed by atoms with Crippen molar-refractivity contribution in [2.75, 3.05) is 26.7 Å². The van der Waals surface area contributed by atoms with Crippen LogP contribution < -0.4 is 0 Å². The van der Waals surface area contributed by atoms with Crippen LogP contribution in [-0.2, 0) is 6.42 Å². The van der Waals surface area contributed by atoms with E-state index in [0.717, 1.165) is 51.1 Å². The number of H-pyrrole nitrogens is 1. The van der Waals surface area contributed by atoms with Crippen LogP contribution in [0.25, 0.3) is 0 Å². The van der Waals surface area contributed by atoms with Gasteiger partial charge in [-0.25, -0.2) is 4.98 Å². The molecule has 1 aromatic rings. The molecular weight excluding hydrogens is 266 g/mol. The first-order chi connectivity index (χ1) is 10.2. The number of amides is 1. The second-order valence-electron chi connectivity index (χ2n) is 5.84. The molecule has 0 atom stereocenters. The van der Waals surface area contributed by atoms with Crippen LogP contribution in [0.5, 0.6) is 0 Å². The first kappa shape index (κ1) is 15.9. The van der Waals surface area contributed by atoms with Gasteiger partial charge >= 0.3 is 0 Å². The maximum atomic E-state index is 12.4. The molecule has 1 aliphatic heterocycles. The summed E-state index contributed by atoms with van der Waals surface area (Å²) < 4.78 is 0. The molecule has 0 spiro atoms. The van der Waals surface area contributed by atoms with E-state index in [9.17, 15) is 4.79 Å². The Morgan fingerprint density at radius 2 is 2.05 bits per heavy atom. The zero-order valence-electron chi connectivity index (χ0n) is 13.4. The van der Waals surface area contributed by atoms with E-state index in [1.807, 2.05) is 11.9 Å². The molecule has 6 heteroatoms. The fourth-order valence-electron chi connectivity index (χ4n) is 2.91. The normalized spacial score (nSPS) is 17.1. The van der Waals surface area contributed by atoms with Crippen molar-refractivity contribution in [2.45, 2.75) is 52.0 Å². The van der Waals surface area contributed by atoms with Gasteiger partial charge in [0.15, 0.2) is 0 Å². The molecule has 2 heterocycles. The monoisotopic (exact) mass is 293 g/mol. The number of nitrogens with zero attached hydrogens (tertiary/aromatic N) is 4. The van der Waals surface area contributed by atoms with Crippen molar-refractivity contribution in [3.05, 3.63) is 11.6 Å². The van der Waals surface area contributed by atoms with Crippen molar-refractivity contribution >= 4 is 5.91 Å². The number of aryl methyl sites for hydroxylation is 1. The van der Waals surface area contributed by atoms with Gasteiger partial charge in [0.25, 0.3) is 5.91 Å². The third-order valence-electron chi connectivity index (χ3n) is 4.17. The fourth-order valence-corrected chi connectivity index (χ4v) is 2.91. The van der Waals surface area contributed by atoms with Crippen molar-refractivity contribution in [1.82, 2.24) is 25.0 Å². The van der Waals surface area contributed by atoms with Gasteiger partial charge < -0.3 is 9.80 Å². The highest BCUT2D eigenvalue weighted by Crippen LogP contribution is 2.17. The minimum atomic E-state index is -0.0671. The van der Waals surface area contributed by atoms with E-state index in [0.29, 0.717) is 11.9 Å². The average Bonchev–Trinajstić information content (AvgIpc) is 2.96. The number of rotatable bonds is 6. The summed E-state index contributed by atoms with van der Waals surface area (Å²) in [5, 5.41) is 6.91. The minimum absolute atomic E-state index is 0.0671. The van der Waals surface area contributed by atoms with E-state index in [1.165, 1.54) is 6.42 Å². The third-order valence-corrected chi connectivity index (χ3v) is 4.17. The first-order valence-corrected chi connectivity index (χ1v) is 8.06. The molecule has 0 saturated carbocycles. The highest BCUT2D eigenvalue weighted by molar-refractivity contribution is 5.90. The molecule has 0 radical (unpaired) electrons. The predicted octanol–water partition coefficient (Wildman–Crippen LogP) is 1.70. The molecule has 21 heavy (non-hydrogen) atoms. The molecule has 0 bridgehead atoms. The Morgan fingerprint density at radius 3 is 2.67 bits per heavy atom. The Morgan fingerprint density at radius 1 is 1.33 bits per heavy atom. The van der Waals surface area contributed by atoms with Crippen molar-refractivity contribution in [1.29, 1.82) is 0 Å². The van der Waals surface area contributed by atoms with Crippen LogP contribution in [0, 0.1) is 0 Å². The molecule has 2 rings (SSSR count). The summed E-state index contributed by atoms with van der Waals surface area (Å²) in [7, 11) is 1.87. The van der Waals surface area contributed by atoms with Crippen LogP contribution >= 0.6 is 0 Å². The van der Waals surface area contributed by atoms with Gasteiger partial charge in [0, 0.05) is 32.6 Å². The Balaban J connectivity index is 1.90. The van der Waals surface area contributed by atoms with Crippen LogP contribution in [0.4, 0.5) is 0 Å². The summed E-state index contributed by atoms with van der Waals surface area (Å²) in [5.74, 6) is 1.03. The largest absolute Gasteiger partial charge is 0.336 e. The maximum absolute atomic E-state index is 12.4. The highest BCUT2D eigenvalue weighted by atomic mass is 16.2. The van der Waals surface area contributed by atoms with Gasteiger partial charge in [0.1, 0.15) is 5.82 Å². The molecule has 1 saturated heterocycles. The van der Waals surface area contributed by atoms with Crippen molar-refractivity contribution < 1.29 is 4.79 Å². The summed E-state index contributed by atoms with van der Waals surface area (Å²) in [6.07, 6.45) is 5.09. The van der Waals surface area contributed by atoms with Crippen molar-refractivity contribution in [2.24, 2.45) is 0 Å². The Kier molecular flexibility index (Phi) is 5.73. The standard InChI is InChI=1S/C15H27N5O/c1-4-6-13-16-14(18-17-13)15(21)19(3)12-7-10-20(9-5-2)11-8-12/h12H,4-11H2,1-3H3,(H,16,17,18). The lowest BCUT2D eigenvalue weighted by Crippen LogP contribution is -2.46. The van der Waals surface area contributed by atoms with Crippen LogP contribution in [0.3, 0.4) is 0 Å². The molecule has 1 aliphatic rings. The summed E-state index contributed by atoms with van der Waals surface area (Å²) >= 11 is 0. The van der Waals surface area contributed by atoms with E-state index < -0.39 is 0 Å². The number of hydrogen-bond donors (Lipinski definition) is 1. The van der Waals surface area contributed by atoms with E-state index >= 15 is 0 Å². The minimum Gasteiger partial charge on any atom is -0.336 e. The summed E-state index contributed by atoms with van der Waals surface area (Å²) in [4.78, 5) is 21.0. The van der Waals surface area contributed by atoms with E-state index in [2.05, 4.69) is 33.9 Å². The van der Waals surface area contributed by atoms with Gasteiger partial charge in [-0.05, 0) is 32.2 Å². The van der Waals surface area contributed by atoms with Crippen LogP contribution in [0.1, 0.15) is 56.0 Å². The topological polar surface area (TPSA) is 65.1 Å². The van der Waals surface area contributed by atoms with E-state index in [-0.39, 0.29) is 5.91 Å². The van der Waals surface area contributed by atoms with Gasteiger partial charge in [-0.15, -0.1) is 5.10 Å². The average molecular weight is 293 g/mol. The van der Waals surface area contributed by atoms with Gasteiger partial charge in [0.2, 0.25) is 5.82 Å². The summed E-state index contributed by atoms with van der Waals surface area (Å²) in [6.45, 7) is 7.60. The Bertz CT molecular complexity index is 451. The third kappa shape index (κ3) is 4.03. The molecule has 1 aromatic heterocycles.